The molecule has 1 heterocycles. The van der Waals surface area contributed by atoms with E-state index in [1.807, 2.05) is 0 Å². The molecule has 0 saturated carbocycles. The third-order valence-electron chi connectivity index (χ3n) is 2.95. The number of amides is 2. The molecule has 0 fully saturated rings. The number of ether oxygens (including phenoxy) is 1. The third kappa shape index (κ3) is 9.66. The first-order valence-corrected chi connectivity index (χ1v) is 8.78. The van der Waals surface area contributed by atoms with E-state index in [-0.39, 0.29) is 12.4 Å². The smallest absolute Gasteiger partial charge is 0.407 e. The number of nitrogens with two attached hydrogens (primary N) is 1. The number of hydrogen-bond acceptors (Lipinski definition) is 5. The molecule has 148 valence electrons. The summed E-state index contributed by atoms with van der Waals surface area (Å²) in [5, 5.41) is 7.47. The first kappa shape index (κ1) is 22.5. The average Bonchev–Trinajstić information content (AvgIpc) is 2.58. The van der Waals surface area contributed by atoms with E-state index in [0.29, 0.717) is 23.8 Å². The van der Waals surface area contributed by atoms with E-state index in [0.717, 1.165) is 0 Å². The minimum Gasteiger partial charge on any atom is -0.444 e. The normalized spacial score (nSPS) is 12.1. The summed E-state index contributed by atoms with van der Waals surface area (Å²) in [7, 11) is 1.48. The highest BCUT2D eigenvalue weighted by molar-refractivity contribution is 6.39. The number of nitrogens with one attached hydrogen (secondary N) is 2. The van der Waals surface area contributed by atoms with E-state index in [1.54, 1.807) is 44.4 Å². The topological polar surface area (TPSA) is 122 Å². The lowest BCUT2D eigenvalue weighted by Gasteiger charge is -2.19. The molecule has 9 nitrogen and oxygen atoms in total. The zero-order valence-electron chi connectivity index (χ0n) is 16.0. The number of alkyl carbamates (subject to hydrolysis) is 1. The monoisotopic (exact) mass is 397 g/mol. The van der Waals surface area contributed by atoms with Crippen LogP contribution in [0.4, 0.5) is 4.79 Å². The summed E-state index contributed by atoms with van der Waals surface area (Å²) in [6.07, 6.45) is 2.59. The van der Waals surface area contributed by atoms with Crippen molar-refractivity contribution in [3.63, 3.8) is 0 Å². The lowest BCUT2D eigenvalue weighted by Crippen LogP contribution is -2.84. The summed E-state index contributed by atoms with van der Waals surface area (Å²) in [5.74, 6) is -0.408. The van der Waals surface area contributed by atoms with Gasteiger partial charge < -0.3 is 20.7 Å². The molecule has 0 atom stereocenters. The van der Waals surface area contributed by atoms with Gasteiger partial charge in [-0.05, 0) is 32.9 Å². The van der Waals surface area contributed by atoms with Crippen molar-refractivity contribution in [3.05, 3.63) is 29.0 Å². The number of amidine groups is 1. The number of carbonyl (C=O) groups is 2. The van der Waals surface area contributed by atoms with Gasteiger partial charge in [-0.1, -0.05) is 11.6 Å². The minimum absolute atomic E-state index is 0.0263. The summed E-state index contributed by atoms with van der Waals surface area (Å²) in [4.78, 5) is 35.5. The Labute approximate surface area is 163 Å². The number of quaternary nitrogens is 1. The number of aliphatic imine (C=N–C) groups is 2. The van der Waals surface area contributed by atoms with Crippen LogP contribution in [0.1, 0.15) is 26.5 Å². The van der Waals surface area contributed by atoms with Crippen LogP contribution in [0.2, 0.25) is 5.02 Å². The fourth-order valence-electron chi connectivity index (χ4n) is 1.78. The summed E-state index contributed by atoms with van der Waals surface area (Å²) in [6.45, 7) is 6.49. The van der Waals surface area contributed by atoms with Crippen LogP contribution in [0.15, 0.2) is 28.3 Å². The first-order valence-electron chi connectivity index (χ1n) is 8.40. The fraction of sp³-hybridized carbons (Fsp3) is 0.471. The standard InChI is InChI=1S/C17H25ClN6O3/c1-17(2,3)27-16(26)22-9-8-20-11-24-14(19-4)15(25)23-10-13-12(18)6-5-7-21-13/h5-7,11H,8-10H2,1-4H3,(H,22,26)(H,23,25)(H,19,20,24)/p+1. The number of nitrogens with zero attached hydrogens (tertiary/aromatic N) is 3. The molecule has 0 unspecified atom stereocenters. The maximum atomic E-state index is 12.1. The van der Waals surface area contributed by atoms with Crippen molar-refractivity contribution >= 4 is 35.8 Å². The SMILES string of the molecule is CN=C(N=C[NH2+]CCNC(=O)OC(C)(C)C)C(=O)NCc1ncccc1Cl. The van der Waals surface area contributed by atoms with E-state index in [4.69, 9.17) is 16.3 Å². The van der Waals surface area contributed by atoms with Gasteiger partial charge in [0.15, 0.2) is 6.34 Å². The predicted molar refractivity (Wildman–Crippen MR) is 104 cm³/mol. The molecule has 1 aromatic rings. The van der Waals surface area contributed by atoms with Crippen LogP contribution in [0.5, 0.6) is 0 Å². The fourth-order valence-corrected chi connectivity index (χ4v) is 1.97. The maximum Gasteiger partial charge on any atom is 0.407 e. The van der Waals surface area contributed by atoms with Crippen molar-refractivity contribution in [2.75, 3.05) is 20.1 Å². The van der Waals surface area contributed by atoms with Gasteiger partial charge in [0.25, 0.3) is 5.91 Å². The van der Waals surface area contributed by atoms with E-state index >= 15 is 0 Å². The summed E-state index contributed by atoms with van der Waals surface area (Å²) in [5.41, 5.74) is 0.0287. The number of halogens is 1. The summed E-state index contributed by atoms with van der Waals surface area (Å²) < 4.78 is 5.12. The molecule has 2 amide bonds. The van der Waals surface area contributed by atoms with Crippen molar-refractivity contribution < 1.29 is 19.6 Å². The van der Waals surface area contributed by atoms with Gasteiger partial charge in [-0.3, -0.25) is 14.8 Å². The van der Waals surface area contributed by atoms with Crippen LogP contribution in [-0.4, -0.2) is 54.9 Å². The Morgan fingerprint density at radius 3 is 2.74 bits per heavy atom. The van der Waals surface area contributed by atoms with Crippen molar-refractivity contribution in [2.24, 2.45) is 9.98 Å². The molecule has 0 radical (unpaired) electrons. The Bertz CT molecular complexity index is 700. The molecule has 10 heteroatoms. The largest absolute Gasteiger partial charge is 0.444 e. The molecule has 27 heavy (non-hydrogen) atoms. The molecular weight excluding hydrogens is 372 g/mol. The molecule has 0 bridgehead atoms. The Morgan fingerprint density at radius 2 is 2.11 bits per heavy atom. The lowest BCUT2D eigenvalue weighted by atomic mass is 10.2. The zero-order valence-corrected chi connectivity index (χ0v) is 16.7. The zero-order chi connectivity index (χ0) is 20.3. The number of pyridine rings is 1. The van der Waals surface area contributed by atoms with E-state index < -0.39 is 17.6 Å². The number of rotatable bonds is 6. The second-order valence-corrected chi connectivity index (χ2v) is 6.80. The number of hydrogen-bond donors (Lipinski definition) is 3. The van der Waals surface area contributed by atoms with E-state index in [9.17, 15) is 9.59 Å². The van der Waals surface area contributed by atoms with Gasteiger partial charge in [0.05, 0.1) is 30.4 Å². The highest BCUT2D eigenvalue weighted by Crippen LogP contribution is 2.11. The molecule has 0 saturated heterocycles. The third-order valence-corrected chi connectivity index (χ3v) is 3.29. The molecule has 0 spiro atoms. The molecule has 0 aliphatic rings. The van der Waals surface area contributed by atoms with Crippen molar-refractivity contribution in [2.45, 2.75) is 32.9 Å². The van der Waals surface area contributed by atoms with E-state index in [1.165, 1.54) is 13.4 Å². The predicted octanol–water partition coefficient (Wildman–Crippen LogP) is 0.496. The van der Waals surface area contributed by atoms with Crippen LogP contribution in [-0.2, 0) is 16.1 Å². The quantitative estimate of drug-likeness (QED) is 0.367. The molecule has 1 rings (SSSR count). The highest BCUT2D eigenvalue weighted by atomic mass is 35.5. The Kier molecular flexibility index (Phi) is 9.38. The summed E-state index contributed by atoms with van der Waals surface area (Å²) >= 11 is 5.99. The number of aromatic nitrogens is 1. The Morgan fingerprint density at radius 1 is 1.37 bits per heavy atom. The van der Waals surface area contributed by atoms with Gasteiger partial charge in [0, 0.05) is 13.2 Å². The molecule has 0 aliphatic carbocycles. The summed E-state index contributed by atoms with van der Waals surface area (Å²) in [6, 6.07) is 3.41. The highest BCUT2D eigenvalue weighted by Gasteiger charge is 2.15. The Balaban J connectivity index is 2.33. The Hall–Kier alpha value is -2.52. The van der Waals surface area contributed by atoms with Gasteiger partial charge in [0.1, 0.15) is 5.60 Å². The second-order valence-electron chi connectivity index (χ2n) is 6.39. The van der Waals surface area contributed by atoms with Gasteiger partial charge in [0.2, 0.25) is 5.84 Å². The van der Waals surface area contributed by atoms with Gasteiger partial charge >= 0.3 is 6.09 Å². The lowest BCUT2D eigenvalue weighted by molar-refractivity contribution is -0.527. The van der Waals surface area contributed by atoms with Crippen LogP contribution in [0.25, 0.3) is 0 Å². The van der Waals surface area contributed by atoms with Crippen LogP contribution < -0.4 is 16.0 Å². The molecule has 0 aromatic carbocycles. The maximum absolute atomic E-state index is 12.1. The molecule has 0 aliphatic heterocycles. The second kappa shape index (κ2) is 11.2. The molecule has 4 N–H and O–H groups in total. The van der Waals surface area contributed by atoms with Crippen molar-refractivity contribution in [1.29, 1.82) is 0 Å². The minimum atomic E-state index is -0.533. The van der Waals surface area contributed by atoms with Gasteiger partial charge in [-0.25, -0.2) is 4.79 Å². The number of carbonyl (C=O) groups excluding carboxylic acids is 2. The molecule has 1 aromatic heterocycles. The molecular formula is C17H26ClN6O3+. The average molecular weight is 398 g/mol. The van der Waals surface area contributed by atoms with E-state index in [2.05, 4.69) is 25.6 Å². The van der Waals surface area contributed by atoms with Crippen LogP contribution in [0, 0.1) is 0 Å². The van der Waals surface area contributed by atoms with Gasteiger partial charge in [-0.15, -0.1) is 0 Å². The first-order chi connectivity index (χ1) is 12.7. The van der Waals surface area contributed by atoms with Gasteiger partial charge in [-0.2, -0.15) is 4.99 Å². The van der Waals surface area contributed by atoms with Crippen LogP contribution >= 0.6 is 11.6 Å². The van der Waals surface area contributed by atoms with Crippen molar-refractivity contribution in [3.8, 4) is 0 Å². The van der Waals surface area contributed by atoms with Crippen molar-refractivity contribution in [1.82, 2.24) is 15.6 Å². The van der Waals surface area contributed by atoms with Crippen LogP contribution in [0.3, 0.4) is 0 Å².